The van der Waals surface area contributed by atoms with Crippen LogP contribution in [0.4, 0.5) is 5.82 Å². The van der Waals surface area contributed by atoms with Crippen LogP contribution in [0.25, 0.3) is 22.2 Å². The van der Waals surface area contributed by atoms with E-state index < -0.39 is 0 Å². The van der Waals surface area contributed by atoms with Crippen LogP contribution in [0.3, 0.4) is 0 Å². The van der Waals surface area contributed by atoms with E-state index in [1.165, 1.54) is 13.3 Å². The first-order valence-electron chi connectivity index (χ1n) is 7.14. The van der Waals surface area contributed by atoms with Gasteiger partial charge in [-0.25, -0.2) is 9.97 Å². The number of rotatable bonds is 3. The number of Topliss-reactive ketones (excluding diaryl/α,β-unsaturated/α-hetero) is 1. The zero-order chi connectivity index (χ0) is 16.4. The lowest BCUT2D eigenvalue weighted by Crippen LogP contribution is -2.07. The number of aromatic nitrogens is 2. The maximum atomic E-state index is 12.2. The lowest BCUT2D eigenvalue weighted by Gasteiger charge is -2.11. The van der Waals surface area contributed by atoms with Crippen molar-refractivity contribution in [1.29, 1.82) is 0 Å². The van der Waals surface area contributed by atoms with Crippen LogP contribution < -0.4 is 11.5 Å². The number of nitrogens with zero attached hydrogens (tertiary/aromatic N) is 2. The van der Waals surface area contributed by atoms with E-state index in [-0.39, 0.29) is 5.78 Å². The monoisotopic (exact) mass is 304 g/mol. The second-order valence-electron chi connectivity index (χ2n) is 5.20. The van der Waals surface area contributed by atoms with Crippen LogP contribution in [0.2, 0.25) is 0 Å². The van der Waals surface area contributed by atoms with Crippen molar-refractivity contribution in [1.82, 2.24) is 9.97 Å². The maximum absolute atomic E-state index is 12.2. The molecule has 5 nitrogen and oxygen atoms in total. The molecule has 0 unspecified atom stereocenters. The number of fused-ring (bicyclic) bond motifs is 1. The van der Waals surface area contributed by atoms with Gasteiger partial charge in [-0.05, 0) is 30.2 Å². The van der Waals surface area contributed by atoms with Gasteiger partial charge in [0.15, 0.2) is 5.78 Å². The van der Waals surface area contributed by atoms with Crippen LogP contribution in [0.15, 0.2) is 54.9 Å². The fourth-order valence-corrected chi connectivity index (χ4v) is 2.54. The van der Waals surface area contributed by atoms with E-state index in [4.69, 9.17) is 11.5 Å². The highest BCUT2D eigenvalue weighted by atomic mass is 16.1. The van der Waals surface area contributed by atoms with Crippen molar-refractivity contribution in [2.45, 2.75) is 6.92 Å². The second-order valence-corrected chi connectivity index (χ2v) is 5.20. The molecule has 2 aromatic carbocycles. The van der Waals surface area contributed by atoms with Gasteiger partial charge in [-0.3, -0.25) is 4.79 Å². The van der Waals surface area contributed by atoms with E-state index in [0.29, 0.717) is 28.0 Å². The summed E-state index contributed by atoms with van der Waals surface area (Å²) in [4.78, 5) is 20.3. The molecule has 0 fully saturated rings. The van der Waals surface area contributed by atoms with Gasteiger partial charge in [0.2, 0.25) is 0 Å². The molecule has 0 saturated carbocycles. The van der Waals surface area contributed by atoms with Crippen molar-refractivity contribution in [2.75, 3.05) is 5.73 Å². The molecule has 0 aliphatic carbocycles. The Morgan fingerprint density at radius 3 is 2.43 bits per heavy atom. The van der Waals surface area contributed by atoms with Gasteiger partial charge in [0.25, 0.3) is 0 Å². The summed E-state index contributed by atoms with van der Waals surface area (Å²) in [6.45, 7) is 1.50. The van der Waals surface area contributed by atoms with E-state index in [9.17, 15) is 4.79 Å². The third-order valence-corrected chi connectivity index (χ3v) is 3.66. The van der Waals surface area contributed by atoms with E-state index in [1.807, 2.05) is 42.5 Å². The largest absolute Gasteiger partial charge is 0.398 e. The van der Waals surface area contributed by atoms with Crippen LogP contribution in [-0.2, 0) is 4.79 Å². The Hall–Kier alpha value is -3.21. The SMILES string of the molecule is CC(=O)C(=C(N)c1ccccc1)c1ccc2ncnc(N)c2c1. The summed E-state index contributed by atoms with van der Waals surface area (Å²) in [5.74, 6) is 0.263. The number of hydrogen-bond donors (Lipinski definition) is 2. The van der Waals surface area contributed by atoms with Gasteiger partial charge in [0.05, 0.1) is 11.2 Å². The number of nitrogens with two attached hydrogens (primary N) is 2. The molecule has 5 heteroatoms. The summed E-state index contributed by atoms with van der Waals surface area (Å²) in [6.07, 6.45) is 1.41. The van der Waals surface area contributed by atoms with E-state index in [1.54, 1.807) is 6.07 Å². The molecule has 0 aliphatic rings. The summed E-state index contributed by atoms with van der Waals surface area (Å²) in [7, 11) is 0. The normalized spacial score (nSPS) is 12.0. The smallest absolute Gasteiger partial charge is 0.162 e. The Morgan fingerprint density at radius 2 is 1.74 bits per heavy atom. The van der Waals surface area contributed by atoms with Gasteiger partial charge in [-0.15, -0.1) is 0 Å². The predicted octanol–water partition coefficient (Wildman–Crippen LogP) is 2.63. The van der Waals surface area contributed by atoms with Gasteiger partial charge in [-0.1, -0.05) is 36.4 Å². The topological polar surface area (TPSA) is 94.9 Å². The van der Waals surface area contributed by atoms with Crippen molar-refractivity contribution < 1.29 is 4.79 Å². The van der Waals surface area contributed by atoms with Crippen molar-refractivity contribution in [3.63, 3.8) is 0 Å². The molecule has 0 radical (unpaired) electrons. The van der Waals surface area contributed by atoms with Gasteiger partial charge in [-0.2, -0.15) is 0 Å². The van der Waals surface area contributed by atoms with Crippen molar-refractivity contribution in [3.8, 4) is 0 Å². The quantitative estimate of drug-likeness (QED) is 0.573. The molecule has 0 bridgehead atoms. The Bertz CT molecular complexity index is 917. The molecule has 0 amide bonds. The molecular weight excluding hydrogens is 288 g/mol. The lowest BCUT2D eigenvalue weighted by molar-refractivity contribution is -0.111. The minimum Gasteiger partial charge on any atom is -0.398 e. The van der Waals surface area contributed by atoms with Crippen molar-refractivity contribution in [3.05, 3.63) is 66.0 Å². The number of ketones is 1. The highest BCUT2D eigenvalue weighted by Gasteiger charge is 2.15. The minimum absolute atomic E-state index is 0.110. The first-order valence-corrected chi connectivity index (χ1v) is 7.14. The molecule has 114 valence electrons. The van der Waals surface area contributed by atoms with Crippen molar-refractivity contribution in [2.24, 2.45) is 5.73 Å². The molecule has 3 rings (SSSR count). The number of carbonyl (C=O) groups is 1. The molecule has 23 heavy (non-hydrogen) atoms. The summed E-state index contributed by atoms with van der Waals surface area (Å²) in [6, 6.07) is 14.8. The standard InChI is InChI=1S/C18H16N4O/c1-11(23)16(17(19)12-5-3-2-4-6-12)13-7-8-15-14(9-13)18(20)22-10-21-15/h2-10H,19H2,1H3,(H2,20,21,22). The maximum Gasteiger partial charge on any atom is 0.162 e. The summed E-state index contributed by atoms with van der Waals surface area (Å²) in [5.41, 5.74) is 15.3. The molecule has 0 spiro atoms. The fraction of sp³-hybridized carbons (Fsp3) is 0.0556. The first-order chi connectivity index (χ1) is 11.1. The van der Waals surface area contributed by atoms with Crippen LogP contribution >= 0.6 is 0 Å². The van der Waals surface area contributed by atoms with Crippen LogP contribution in [-0.4, -0.2) is 15.8 Å². The minimum atomic E-state index is -0.110. The average Bonchev–Trinajstić information content (AvgIpc) is 2.56. The number of hydrogen-bond acceptors (Lipinski definition) is 5. The Labute approximate surface area is 133 Å². The number of carbonyl (C=O) groups excluding carboxylic acids is 1. The number of anilines is 1. The van der Waals surface area contributed by atoms with Crippen LogP contribution in [0.1, 0.15) is 18.1 Å². The third-order valence-electron chi connectivity index (χ3n) is 3.66. The first kappa shape index (κ1) is 14.7. The molecule has 0 saturated heterocycles. The third kappa shape index (κ3) is 2.76. The van der Waals surface area contributed by atoms with Crippen molar-refractivity contribution >= 4 is 33.8 Å². The van der Waals surface area contributed by atoms with Crippen LogP contribution in [0.5, 0.6) is 0 Å². The molecular formula is C18H16N4O. The van der Waals surface area contributed by atoms with Crippen LogP contribution in [0, 0.1) is 0 Å². The molecule has 1 heterocycles. The summed E-state index contributed by atoms with van der Waals surface area (Å²) < 4.78 is 0. The molecule has 0 aliphatic heterocycles. The Morgan fingerprint density at radius 1 is 1.00 bits per heavy atom. The zero-order valence-electron chi connectivity index (χ0n) is 12.7. The highest BCUT2D eigenvalue weighted by molar-refractivity contribution is 6.27. The van der Waals surface area contributed by atoms with Gasteiger partial charge >= 0.3 is 0 Å². The Kier molecular flexibility index (Phi) is 3.76. The molecule has 4 N–H and O–H groups in total. The van der Waals surface area contributed by atoms with Gasteiger partial charge < -0.3 is 11.5 Å². The highest BCUT2D eigenvalue weighted by Crippen LogP contribution is 2.27. The Balaban J connectivity index is 2.24. The van der Waals surface area contributed by atoms with E-state index in [2.05, 4.69) is 9.97 Å². The van der Waals surface area contributed by atoms with E-state index in [0.717, 1.165) is 11.1 Å². The second kappa shape index (κ2) is 5.88. The number of benzene rings is 2. The molecule has 0 atom stereocenters. The van der Waals surface area contributed by atoms with Gasteiger partial charge in [0, 0.05) is 11.0 Å². The number of nitrogen functional groups attached to an aromatic ring is 1. The summed E-state index contributed by atoms with van der Waals surface area (Å²) in [5, 5.41) is 0.699. The van der Waals surface area contributed by atoms with E-state index >= 15 is 0 Å². The molecule has 1 aromatic heterocycles. The number of allylic oxidation sites excluding steroid dienone is 1. The zero-order valence-corrected chi connectivity index (χ0v) is 12.7. The summed E-state index contributed by atoms with van der Waals surface area (Å²) >= 11 is 0. The average molecular weight is 304 g/mol. The molecule has 3 aromatic rings. The van der Waals surface area contributed by atoms with Gasteiger partial charge in [0.1, 0.15) is 12.1 Å². The lowest BCUT2D eigenvalue weighted by atomic mass is 9.96. The fourth-order valence-electron chi connectivity index (χ4n) is 2.54. The predicted molar refractivity (Wildman–Crippen MR) is 92.1 cm³/mol.